The SMILES string of the molecule is O=C(NCC1CCC1)c1cnon1. The number of amides is 1. The Kier molecular flexibility index (Phi) is 2.25. The van der Waals surface area contributed by atoms with Crippen molar-refractivity contribution in [1.29, 1.82) is 0 Å². The Bertz CT molecular complexity index is 280. The number of nitrogens with zero attached hydrogens (tertiary/aromatic N) is 2. The van der Waals surface area contributed by atoms with Gasteiger partial charge in [0, 0.05) is 6.54 Å². The van der Waals surface area contributed by atoms with Crippen LogP contribution in [0.15, 0.2) is 10.8 Å². The summed E-state index contributed by atoms with van der Waals surface area (Å²) in [7, 11) is 0. The second-order valence-corrected chi connectivity index (χ2v) is 3.30. The zero-order valence-electron chi connectivity index (χ0n) is 7.19. The normalized spacial score (nSPS) is 16.6. The van der Waals surface area contributed by atoms with Crippen molar-refractivity contribution in [2.75, 3.05) is 6.54 Å². The molecule has 1 aliphatic rings. The van der Waals surface area contributed by atoms with E-state index in [1.54, 1.807) is 0 Å². The van der Waals surface area contributed by atoms with Crippen LogP contribution in [0.1, 0.15) is 29.8 Å². The molecule has 2 rings (SSSR count). The van der Waals surface area contributed by atoms with Gasteiger partial charge in [0.2, 0.25) is 0 Å². The van der Waals surface area contributed by atoms with Crippen LogP contribution in [0.2, 0.25) is 0 Å². The van der Waals surface area contributed by atoms with E-state index in [-0.39, 0.29) is 11.6 Å². The van der Waals surface area contributed by atoms with E-state index in [0.29, 0.717) is 5.92 Å². The first-order valence-corrected chi connectivity index (χ1v) is 4.42. The Morgan fingerprint density at radius 1 is 1.69 bits per heavy atom. The van der Waals surface area contributed by atoms with Crippen molar-refractivity contribution in [3.05, 3.63) is 11.9 Å². The quantitative estimate of drug-likeness (QED) is 0.741. The average Bonchev–Trinajstić information content (AvgIpc) is 2.52. The summed E-state index contributed by atoms with van der Waals surface area (Å²) in [6.45, 7) is 0.742. The van der Waals surface area contributed by atoms with Crippen LogP contribution in [0.3, 0.4) is 0 Å². The summed E-state index contributed by atoms with van der Waals surface area (Å²) >= 11 is 0. The van der Waals surface area contributed by atoms with E-state index in [1.807, 2.05) is 0 Å². The molecule has 5 nitrogen and oxygen atoms in total. The minimum Gasteiger partial charge on any atom is -0.350 e. The van der Waals surface area contributed by atoms with E-state index in [1.165, 1.54) is 25.5 Å². The monoisotopic (exact) mass is 181 g/mol. The fourth-order valence-electron chi connectivity index (χ4n) is 1.29. The van der Waals surface area contributed by atoms with Crippen molar-refractivity contribution >= 4 is 5.91 Å². The fraction of sp³-hybridized carbons (Fsp3) is 0.625. The van der Waals surface area contributed by atoms with Gasteiger partial charge in [-0.1, -0.05) is 11.6 Å². The number of hydrogen-bond donors (Lipinski definition) is 1. The molecule has 0 bridgehead atoms. The Morgan fingerprint density at radius 3 is 3.08 bits per heavy atom. The summed E-state index contributed by atoms with van der Waals surface area (Å²) in [6, 6.07) is 0. The van der Waals surface area contributed by atoms with Crippen molar-refractivity contribution < 1.29 is 9.42 Å². The van der Waals surface area contributed by atoms with Crippen LogP contribution in [0.4, 0.5) is 0 Å². The zero-order valence-corrected chi connectivity index (χ0v) is 7.19. The second-order valence-electron chi connectivity index (χ2n) is 3.30. The van der Waals surface area contributed by atoms with Crippen molar-refractivity contribution in [2.24, 2.45) is 5.92 Å². The largest absolute Gasteiger partial charge is 0.350 e. The molecule has 0 aliphatic heterocycles. The van der Waals surface area contributed by atoms with Gasteiger partial charge in [-0.2, -0.15) is 0 Å². The van der Waals surface area contributed by atoms with Crippen LogP contribution in [-0.4, -0.2) is 22.8 Å². The van der Waals surface area contributed by atoms with Crippen molar-refractivity contribution in [1.82, 2.24) is 15.6 Å². The van der Waals surface area contributed by atoms with Crippen molar-refractivity contribution in [3.8, 4) is 0 Å². The minimum absolute atomic E-state index is 0.201. The average molecular weight is 181 g/mol. The van der Waals surface area contributed by atoms with Crippen LogP contribution in [0.25, 0.3) is 0 Å². The molecule has 1 aliphatic carbocycles. The lowest BCUT2D eigenvalue weighted by atomic mass is 9.85. The lowest BCUT2D eigenvalue weighted by Crippen LogP contribution is -2.32. The highest BCUT2D eigenvalue weighted by atomic mass is 16.6. The number of rotatable bonds is 3. The highest BCUT2D eigenvalue weighted by Gasteiger charge is 2.18. The van der Waals surface area contributed by atoms with Gasteiger partial charge in [-0.15, -0.1) is 0 Å². The molecule has 0 aromatic carbocycles. The van der Waals surface area contributed by atoms with E-state index in [2.05, 4.69) is 20.3 Å². The maximum absolute atomic E-state index is 11.3. The van der Waals surface area contributed by atoms with E-state index in [9.17, 15) is 4.79 Å². The number of carbonyl (C=O) groups excluding carboxylic acids is 1. The molecule has 1 fully saturated rings. The van der Waals surface area contributed by atoms with Crippen LogP contribution in [0, 0.1) is 5.92 Å². The summed E-state index contributed by atoms with van der Waals surface area (Å²) in [5.74, 6) is 0.456. The maximum Gasteiger partial charge on any atom is 0.275 e. The van der Waals surface area contributed by atoms with Gasteiger partial charge in [0.1, 0.15) is 6.20 Å². The van der Waals surface area contributed by atoms with Gasteiger partial charge in [0.25, 0.3) is 5.91 Å². The topological polar surface area (TPSA) is 68.0 Å². The molecule has 1 saturated carbocycles. The van der Waals surface area contributed by atoms with Crippen LogP contribution < -0.4 is 5.32 Å². The van der Waals surface area contributed by atoms with Gasteiger partial charge in [-0.3, -0.25) is 4.79 Å². The van der Waals surface area contributed by atoms with Crippen molar-refractivity contribution in [3.63, 3.8) is 0 Å². The van der Waals surface area contributed by atoms with Gasteiger partial charge >= 0.3 is 0 Å². The lowest BCUT2D eigenvalue weighted by molar-refractivity contribution is 0.0929. The summed E-state index contributed by atoms with van der Waals surface area (Å²) in [6.07, 6.45) is 5.04. The van der Waals surface area contributed by atoms with Gasteiger partial charge in [-0.05, 0) is 23.9 Å². The molecule has 1 N–H and O–H groups in total. The highest BCUT2D eigenvalue weighted by Crippen LogP contribution is 2.25. The standard InChI is InChI=1S/C8H11N3O2/c12-8(7-5-10-13-11-7)9-4-6-2-1-3-6/h5-6H,1-4H2,(H,9,12). The van der Waals surface area contributed by atoms with Gasteiger partial charge in [-0.25, -0.2) is 4.63 Å². The number of nitrogens with one attached hydrogen (secondary N) is 1. The number of hydrogen-bond acceptors (Lipinski definition) is 4. The first-order valence-electron chi connectivity index (χ1n) is 4.42. The summed E-state index contributed by atoms with van der Waals surface area (Å²) in [5, 5.41) is 9.58. The van der Waals surface area contributed by atoms with Gasteiger partial charge in [0.05, 0.1) is 0 Å². The Morgan fingerprint density at radius 2 is 2.54 bits per heavy atom. The molecule has 1 heterocycles. The molecule has 0 spiro atoms. The molecule has 5 heteroatoms. The minimum atomic E-state index is -0.201. The number of aromatic nitrogens is 2. The molecule has 70 valence electrons. The molecular formula is C8H11N3O2. The second kappa shape index (κ2) is 3.55. The van der Waals surface area contributed by atoms with Crippen LogP contribution in [-0.2, 0) is 0 Å². The smallest absolute Gasteiger partial charge is 0.275 e. The van der Waals surface area contributed by atoms with Crippen LogP contribution in [0.5, 0.6) is 0 Å². The van der Waals surface area contributed by atoms with E-state index >= 15 is 0 Å². The Labute approximate surface area is 75.5 Å². The maximum atomic E-state index is 11.3. The number of carbonyl (C=O) groups is 1. The third-order valence-electron chi connectivity index (χ3n) is 2.37. The predicted octanol–water partition coefficient (Wildman–Crippen LogP) is 0.599. The molecule has 0 unspecified atom stereocenters. The zero-order chi connectivity index (χ0) is 9.10. The Hall–Kier alpha value is -1.39. The molecule has 1 aromatic rings. The molecule has 1 aromatic heterocycles. The Balaban J connectivity index is 1.78. The van der Waals surface area contributed by atoms with E-state index in [0.717, 1.165) is 6.54 Å². The predicted molar refractivity (Wildman–Crippen MR) is 44.0 cm³/mol. The van der Waals surface area contributed by atoms with Gasteiger partial charge in [0.15, 0.2) is 5.69 Å². The molecular weight excluding hydrogens is 170 g/mol. The highest BCUT2D eigenvalue weighted by molar-refractivity contribution is 5.91. The molecule has 0 saturated heterocycles. The summed E-state index contributed by atoms with van der Waals surface area (Å²) in [5.41, 5.74) is 0.249. The van der Waals surface area contributed by atoms with Crippen molar-refractivity contribution in [2.45, 2.75) is 19.3 Å². The molecule has 13 heavy (non-hydrogen) atoms. The van der Waals surface area contributed by atoms with Crippen LogP contribution >= 0.6 is 0 Å². The molecule has 0 atom stereocenters. The van der Waals surface area contributed by atoms with Gasteiger partial charge < -0.3 is 5.32 Å². The first-order chi connectivity index (χ1) is 6.36. The molecule has 1 amide bonds. The van der Waals surface area contributed by atoms with E-state index in [4.69, 9.17) is 0 Å². The third kappa shape index (κ3) is 1.85. The first kappa shape index (κ1) is 8.22. The summed E-state index contributed by atoms with van der Waals surface area (Å²) in [4.78, 5) is 11.3. The third-order valence-corrected chi connectivity index (χ3v) is 2.37. The summed E-state index contributed by atoms with van der Waals surface area (Å²) < 4.78 is 4.32. The lowest BCUT2D eigenvalue weighted by Gasteiger charge is -2.24. The fourth-order valence-corrected chi connectivity index (χ4v) is 1.29. The molecule has 0 radical (unpaired) electrons. The van der Waals surface area contributed by atoms with E-state index < -0.39 is 0 Å².